The molecule has 0 bridgehead atoms. The highest BCUT2D eigenvalue weighted by Gasteiger charge is 2.23. The minimum absolute atomic E-state index is 0.481. The highest BCUT2D eigenvalue weighted by Crippen LogP contribution is 2.29. The summed E-state index contributed by atoms with van der Waals surface area (Å²) in [6, 6.07) is 8.25. The third kappa shape index (κ3) is 2.40. The van der Waals surface area contributed by atoms with Crippen molar-refractivity contribution in [1.82, 2.24) is 4.90 Å². The van der Waals surface area contributed by atoms with Crippen LogP contribution in [0.15, 0.2) is 28.7 Å². The Morgan fingerprint density at radius 1 is 1.37 bits per heavy atom. The summed E-state index contributed by atoms with van der Waals surface area (Å²) in [4.78, 5) is 2.53. The molecule has 0 radical (unpaired) electrons. The summed E-state index contributed by atoms with van der Waals surface area (Å²) in [5, 5.41) is 1.22. The first-order valence-electron chi connectivity index (χ1n) is 7.23. The number of likely N-dealkylation sites (tertiary alicyclic amines) is 1. The topological polar surface area (TPSA) is 42.4 Å². The van der Waals surface area contributed by atoms with Gasteiger partial charge in [-0.15, -0.1) is 0 Å². The van der Waals surface area contributed by atoms with E-state index in [1.807, 2.05) is 12.1 Å². The van der Waals surface area contributed by atoms with Gasteiger partial charge in [-0.1, -0.05) is 31.5 Å². The van der Waals surface area contributed by atoms with Gasteiger partial charge in [0.2, 0.25) is 0 Å². The average Bonchev–Trinajstić information content (AvgIpc) is 3.04. The molecule has 3 nitrogen and oxygen atoms in total. The molecule has 3 rings (SSSR count). The van der Waals surface area contributed by atoms with Crippen molar-refractivity contribution >= 4 is 11.0 Å². The van der Waals surface area contributed by atoms with E-state index in [1.54, 1.807) is 0 Å². The van der Waals surface area contributed by atoms with E-state index in [2.05, 4.69) is 24.0 Å². The Kier molecular flexibility index (Phi) is 3.58. The molecule has 2 aromatic rings. The van der Waals surface area contributed by atoms with Crippen molar-refractivity contribution in [2.45, 2.75) is 32.9 Å². The number of hydrogen-bond donors (Lipinski definition) is 1. The van der Waals surface area contributed by atoms with Crippen LogP contribution in [0.4, 0.5) is 0 Å². The van der Waals surface area contributed by atoms with Gasteiger partial charge in [-0.3, -0.25) is 4.90 Å². The second kappa shape index (κ2) is 5.35. The molecule has 102 valence electrons. The lowest BCUT2D eigenvalue weighted by molar-refractivity contribution is 0.313. The van der Waals surface area contributed by atoms with E-state index in [-0.39, 0.29) is 0 Å². The SMILES string of the molecule is CCC1CCN(Cc2c(CN)oc3ccccc23)C1. The maximum absolute atomic E-state index is 5.86. The van der Waals surface area contributed by atoms with Crippen LogP contribution in [0.5, 0.6) is 0 Å². The summed E-state index contributed by atoms with van der Waals surface area (Å²) in [5.41, 5.74) is 8.08. The highest BCUT2D eigenvalue weighted by molar-refractivity contribution is 5.82. The van der Waals surface area contributed by atoms with E-state index >= 15 is 0 Å². The highest BCUT2D eigenvalue weighted by atomic mass is 16.3. The molecule has 1 atom stereocenters. The standard InChI is InChI=1S/C16H22N2O/c1-2-12-7-8-18(10-12)11-14-13-5-3-4-6-15(13)19-16(14)9-17/h3-6,12H,2,7-11,17H2,1H3. The zero-order valence-corrected chi connectivity index (χ0v) is 11.6. The van der Waals surface area contributed by atoms with Crippen LogP contribution in [0.1, 0.15) is 31.1 Å². The number of benzene rings is 1. The van der Waals surface area contributed by atoms with Gasteiger partial charge in [-0.2, -0.15) is 0 Å². The first-order valence-corrected chi connectivity index (χ1v) is 7.23. The molecule has 2 heterocycles. The van der Waals surface area contributed by atoms with Gasteiger partial charge < -0.3 is 10.2 Å². The normalized spacial score (nSPS) is 20.4. The smallest absolute Gasteiger partial charge is 0.134 e. The van der Waals surface area contributed by atoms with Gasteiger partial charge in [0.1, 0.15) is 11.3 Å². The zero-order valence-electron chi connectivity index (χ0n) is 11.6. The Hall–Kier alpha value is -1.32. The predicted molar refractivity (Wildman–Crippen MR) is 77.8 cm³/mol. The molecule has 2 N–H and O–H groups in total. The van der Waals surface area contributed by atoms with Crippen LogP contribution in [0.2, 0.25) is 0 Å². The van der Waals surface area contributed by atoms with Gasteiger partial charge in [0.15, 0.2) is 0 Å². The molecule has 1 aromatic heterocycles. The second-order valence-electron chi connectivity index (χ2n) is 5.50. The van der Waals surface area contributed by atoms with Crippen LogP contribution in [-0.2, 0) is 13.1 Å². The zero-order chi connectivity index (χ0) is 13.2. The molecule has 1 aromatic carbocycles. The monoisotopic (exact) mass is 258 g/mol. The number of nitrogens with zero attached hydrogens (tertiary/aromatic N) is 1. The van der Waals surface area contributed by atoms with Crippen LogP contribution >= 0.6 is 0 Å². The van der Waals surface area contributed by atoms with Gasteiger partial charge >= 0.3 is 0 Å². The van der Waals surface area contributed by atoms with Crippen molar-refractivity contribution in [3.05, 3.63) is 35.6 Å². The molecule has 0 aliphatic carbocycles. The van der Waals surface area contributed by atoms with Crippen LogP contribution in [-0.4, -0.2) is 18.0 Å². The number of para-hydroxylation sites is 1. The van der Waals surface area contributed by atoms with Crippen molar-refractivity contribution in [3.63, 3.8) is 0 Å². The third-order valence-corrected chi connectivity index (χ3v) is 4.30. The lowest BCUT2D eigenvalue weighted by Gasteiger charge is -2.15. The van der Waals surface area contributed by atoms with Crippen molar-refractivity contribution in [2.75, 3.05) is 13.1 Å². The Labute approximate surface area is 114 Å². The Bertz CT molecular complexity index is 561. The van der Waals surface area contributed by atoms with Gasteiger partial charge in [0.05, 0.1) is 6.54 Å². The fourth-order valence-corrected chi connectivity index (χ4v) is 3.10. The molecule has 1 fully saturated rings. The minimum atomic E-state index is 0.481. The van der Waals surface area contributed by atoms with Gasteiger partial charge in [-0.05, 0) is 24.9 Å². The van der Waals surface area contributed by atoms with Gasteiger partial charge in [0, 0.05) is 24.0 Å². The molecule has 0 saturated carbocycles. The number of rotatable bonds is 4. The second-order valence-corrected chi connectivity index (χ2v) is 5.50. The Morgan fingerprint density at radius 2 is 2.21 bits per heavy atom. The van der Waals surface area contributed by atoms with E-state index in [1.165, 1.54) is 36.9 Å². The summed E-state index contributed by atoms with van der Waals surface area (Å²) >= 11 is 0. The van der Waals surface area contributed by atoms with Crippen LogP contribution < -0.4 is 5.73 Å². The van der Waals surface area contributed by atoms with Crippen molar-refractivity contribution in [2.24, 2.45) is 11.7 Å². The van der Waals surface area contributed by atoms with Gasteiger partial charge in [0.25, 0.3) is 0 Å². The molecule has 3 heteroatoms. The maximum Gasteiger partial charge on any atom is 0.134 e. The molecule has 1 aliphatic heterocycles. The van der Waals surface area contributed by atoms with E-state index in [9.17, 15) is 0 Å². The lowest BCUT2D eigenvalue weighted by Crippen LogP contribution is -2.20. The lowest BCUT2D eigenvalue weighted by atomic mass is 10.1. The summed E-state index contributed by atoms with van der Waals surface area (Å²) < 4.78 is 5.86. The maximum atomic E-state index is 5.86. The van der Waals surface area contributed by atoms with Crippen molar-refractivity contribution in [1.29, 1.82) is 0 Å². The molecular weight excluding hydrogens is 236 g/mol. The molecule has 19 heavy (non-hydrogen) atoms. The average molecular weight is 258 g/mol. The van der Waals surface area contributed by atoms with Crippen LogP contribution in [0, 0.1) is 5.92 Å². The summed E-state index contributed by atoms with van der Waals surface area (Å²) in [6.45, 7) is 6.14. The van der Waals surface area contributed by atoms with E-state index in [0.29, 0.717) is 6.54 Å². The van der Waals surface area contributed by atoms with Crippen molar-refractivity contribution < 1.29 is 4.42 Å². The van der Waals surface area contributed by atoms with Gasteiger partial charge in [-0.25, -0.2) is 0 Å². The van der Waals surface area contributed by atoms with Crippen LogP contribution in [0.25, 0.3) is 11.0 Å². The number of fused-ring (bicyclic) bond motifs is 1. The first-order chi connectivity index (χ1) is 9.31. The minimum Gasteiger partial charge on any atom is -0.459 e. The first kappa shape index (κ1) is 12.7. The number of nitrogens with two attached hydrogens (primary N) is 1. The van der Waals surface area contributed by atoms with E-state index < -0.39 is 0 Å². The Morgan fingerprint density at radius 3 is 2.95 bits per heavy atom. The number of furan rings is 1. The molecule has 1 saturated heterocycles. The summed E-state index contributed by atoms with van der Waals surface area (Å²) in [7, 11) is 0. The third-order valence-electron chi connectivity index (χ3n) is 4.30. The molecule has 1 unspecified atom stereocenters. The fourth-order valence-electron chi connectivity index (χ4n) is 3.10. The van der Waals surface area contributed by atoms with Crippen LogP contribution in [0.3, 0.4) is 0 Å². The quantitative estimate of drug-likeness (QED) is 0.916. The molecule has 1 aliphatic rings. The van der Waals surface area contributed by atoms with E-state index in [4.69, 9.17) is 10.2 Å². The summed E-state index contributed by atoms with van der Waals surface area (Å²) in [6.07, 6.45) is 2.61. The largest absolute Gasteiger partial charge is 0.459 e. The molecule has 0 amide bonds. The predicted octanol–water partition coefficient (Wildman–Crippen LogP) is 3.12. The summed E-state index contributed by atoms with van der Waals surface area (Å²) in [5.74, 6) is 1.81. The molecular formula is C16H22N2O. The number of hydrogen-bond acceptors (Lipinski definition) is 3. The Balaban J connectivity index is 1.87. The fraction of sp³-hybridized carbons (Fsp3) is 0.500. The van der Waals surface area contributed by atoms with E-state index in [0.717, 1.165) is 23.8 Å². The molecule has 0 spiro atoms. The van der Waals surface area contributed by atoms with Crippen molar-refractivity contribution in [3.8, 4) is 0 Å².